The van der Waals surface area contributed by atoms with Gasteiger partial charge in [-0.1, -0.05) is 17.4 Å². The SMILES string of the molecule is Nc1nc2c(s1)C=CCC2. The van der Waals surface area contributed by atoms with Gasteiger partial charge < -0.3 is 5.73 Å². The van der Waals surface area contributed by atoms with Gasteiger partial charge in [0.25, 0.3) is 0 Å². The van der Waals surface area contributed by atoms with E-state index in [-0.39, 0.29) is 0 Å². The number of nitrogens with two attached hydrogens (primary N) is 1. The number of nitrogens with zero attached hydrogens (tertiary/aromatic N) is 1. The molecule has 0 fully saturated rings. The first kappa shape index (κ1) is 5.92. The summed E-state index contributed by atoms with van der Waals surface area (Å²) < 4.78 is 0. The zero-order chi connectivity index (χ0) is 6.97. The van der Waals surface area contributed by atoms with Crippen LogP contribution in [0.4, 0.5) is 5.13 Å². The third kappa shape index (κ3) is 0.827. The van der Waals surface area contributed by atoms with E-state index < -0.39 is 0 Å². The largest absolute Gasteiger partial charge is 0.375 e. The standard InChI is InChI=1S/C7H8N2S/c8-7-9-5-3-1-2-4-6(5)10-7/h2,4H,1,3H2,(H2,8,9). The van der Waals surface area contributed by atoms with Crippen LogP contribution in [-0.2, 0) is 6.42 Å². The number of allylic oxidation sites excluding steroid dienone is 1. The molecule has 0 bridgehead atoms. The first-order chi connectivity index (χ1) is 4.86. The number of nitrogen functional groups attached to an aromatic ring is 1. The Morgan fingerprint density at radius 1 is 1.60 bits per heavy atom. The number of anilines is 1. The first-order valence-electron chi connectivity index (χ1n) is 3.28. The van der Waals surface area contributed by atoms with Crippen molar-refractivity contribution < 1.29 is 0 Å². The molecule has 0 radical (unpaired) electrons. The van der Waals surface area contributed by atoms with Crippen LogP contribution in [0.3, 0.4) is 0 Å². The van der Waals surface area contributed by atoms with Crippen LogP contribution in [0.2, 0.25) is 0 Å². The van der Waals surface area contributed by atoms with Gasteiger partial charge in [-0.2, -0.15) is 0 Å². The van der Waals surface area contributed by atoms with Gasteiger partial charge in [0.1, 0.15) is 0 Å². The lowest BCUT2D eigenvalue weighted by atomic mass is 10.1. The van der Waals surface area contributed by atoms with Crippen molar-refractivity contribution in [3.8, 4) is 0 Å². The van der Waals surface area contributed by atoms with Crippen LogP contribution in [0, 0.1) is 0 Å². The van der Waals surface area contributed by atoms with E-state index in [0.29, 0.717) is 5.13 Å². The topological polar surface area (TPSA) is 38.9 Å². The van der Waals surface area contributed by atoms with E-state index >= 15 is 0 Å². The molecule has 1 heterocycles. The number of thiazole rings is 1. The molecule has 0 aliphatic heterocycles. The quantitative estimate of drug-likeness (QED) is 0.614. The highest BCUT2D eigenvalue weighted by Crippen LogP contribution is 2.26. The predicted molar refractivity (Wildman–Crippen MR) is 43.9 cm³/mol. The molecule has 2 N–H and O–H groups in total. The molecule has 0 amide bonds. The molecular formula is C7H8N2S. The summed E-state index contributed by atoms with van der Waals surface area (Å²) in [6, 6.07) is 0. The fourth-order valence-electron chi connectivity index (χ4n) is 1.10. The summed E-state index contributed by atoms with van der Waals surface area (Å²) in [6.07, 6.45) is 6.43. The molecule has 0 saturated carbocycles. The Labute approximate surface area is 63.4 Å². The lowest BCUT2D eigenvalue weighted by Crippen LogP contribution is -1.91. The minimum Gasteiger partial charge on any atom is -0.375 e. The molecule has 10 heavy (non-hydrogen) atoms. The Bertz CT molecular complexity index is 275. The number of hydrogen-bond acceptors (Lipinski definition) is 3. The zero-order valence-corrected chi connectivity index (χ0v) is 6.32. The molecule has 1 aliphatic rings. The van der Waals surface area contributed by atoms with Crippen molar-refractivity contribution in [3.63, 3.8) is 0 Å². The summed E-state index contributed by atoms with van der Waals surface area (Å²) >= 11 is 1.57. The summed E-state index contributed by atoms with van der Waals surface area (Å²) in [6.45, 7) is 0. The number of fused-ring (bicyclic) bond motifs is 1. The van der Waals surface area contributed by atoms with Crippen molar-refractivity contribution >= 4 is 22.5 Å². The van der Waals surface area contributed by atoms with Crippen LogP contribution < -0.4 is 5.73 Å². The van der Waals surface area contributed by atoms with Crippen LogP contribution in [0.25, 0.3) is 6.08 Å². The molecule has 0 unspecified atom stereocenters. The lowest BCUT2D eigenvalue weighted by Gasteiger charge is -1.99. The Balaban J connectivity index is 2.53. The van der Waals surface area contributed by atoms with Crippen molar-refractivity contribution in [2.75, 3.05) is 5.73 Å². The van der Waals surface area contributed by atoms with Crippen LogP contribution in [0.1, 0.15) is 17.0 Å². The lowest BCUT2D eigenvalue weighted by molar-refractivity contribution is 0.948. The molecular weight excluding hydrogens is 144 g/mol. The van der Waals surface area contributed by atoms with Crippen molar-refractivity contribution in [2.24, 2.45) is 0 Å². The maximum absolute atomic E-state index is 5.53. The van der Waals surface area contributed by atoms with E-state index in [9.17, 15) is 0 Å². The highest BCUT2D eigenvalue weighted by atomic mass is 32.1. The van der Waals surface area contributed by atoms with Gasteiger partial charge in [-0.25, -0.2) is 4.98 Å². The van der Waals surface area contributed by atoms with Crippen LogP contribution in [0.15, 0.2) is 6.08 Å². The highest BCUT2D eigenvalue weighted by Gasteiger charge is 2.08. The third-order valence-electron chi connectivity index (χ3n) is 1.56. The second-order valence-electron chi connectivity index (χ2n) is 2.30. The van der Waals surface area contributed by atoms with E-state index in [0.717, 1.165) is 12.8 Å². The monoisotopic (exact) mass is 152 g/mol. The fourth-order valence-corrected chi connectivity index (χ4v) is 1.91. The van der Waals surface area contributed by atoms with E-state index in [1.807, 2.05) is 0 Å². The second kappa shape index (κ2) is 2.09. The molecule has 0 spiro atoms. The number of aryl methyl sites for hydroxylation is 1. The fraction of sp³-hybridized carbons (Fsp3) is 0.286. The van der Waals surface area contributed by atoms with Crippen molar-refractivity contribution in [1.82, 2.24) is 4.98 Å². The zero-order valence-electron chi connectivity index (χ0n) is 5.50. The van der Waals surface area contributed by atoms with E-state index in [4.69, 9.17) is 5.73 Å². The molecule has 1 aliphatic carbocycles. The second-order valence-corrected chi connectivity index (χ2v) is 3.37. The van der Waals surface area contributed by atoms with Gasteiger partial charge in [0.15, 0.2) is 5.13 Å². The minimum absolute atomic E-state index is 0.691. The molecule has 1 aromatic rings. The Hall–Kier alpha value is -0.830. The summed E-state index contributed by atoms with van der Waals surface area (Å²) in [5.41, 5.74) is 6.70. The van der Waals surface area contributed by atoms with Gasteiger partial charge in [0, 0.05) is 0 Å². The number of rotatable bonds is 0. The molecule has 0 atom stereocenters. The summed E-state index contributed by atoms with van der Waals surface area (Å²) in [5, 5.41) is 0.691. The van der Waals surface area contributed by atoms with Crippen molar-refractivity contribution in [2.45, 2.75) is 12.8 Å². The van der Waals surface area contributed by atoms with Crippen LogP contribution in [-0.4, -0.2) is 4.98 Å². The highest BCUT2D eigenvalue weighted by molar-refractivity contribution is 7.16. The molecule has 2 rings (SSSR count). The average Bonchev–Trinajstić information content (AvgIpc) is 2.27. The smallest absolute Gasteiger partial charge is 0.180 e. The van der Waals surface area contributed by atoms with Crippen LogP contribution >= 0.6 is 11.3 Å². The Morgan fingerprint density at radius 2 is 2.50 bits per heavy atom. The summed E-state index contributed by atoms with van der Waals surface area (Å²) in [5.74, 6) is 0. The number of aromatic nitrogens is 1. The maximum Gasteiger partial charge on any atom is 0.180 e. The first-order valence-corrected chi connectivity index (χ1v) is 4.09. The summed E-state index contributed by atoms with van der Waals surface area (Å²) in [7, 11) is 0. The Kier molecular flexibility index (Phi) is 1.24. The average molecular weight is 152 g/mol. The summed E-state index contributed by atoms with van der Waals surface area (Å²) in [4.78, 5) is 5.44. The molecule has 1 aromatic heterocycles. The third-order valence-corrected chi connectivity index (χ3v) is 2.45. The normalized spacial score (nSPS) is 15.2. The van der Waals surface area contributed by atoms with Crippen molar-refractivity contribution in [1.29, 1.82) is 0 Å². The van der Waals surface area contributed by atoms with E-state index in [2.05, 4.69) is 17.1 Å². The molecule has 0 saturated heterocycles. The van der Waals surface area contributed by atoms with Gasteiger partial charge in [0.05, 0.1) is 10.6 Å². The van der Waals surface area contributed by atoms with Gasteiger partial charge in [-0.15, -0.1) is 0 Å². The Morgan fingerprint density at radius 3 is 3.30 bits per heavy atom. The number of hydrogen-bond donors (Lipinski definition) is 1. The van der Waals surface area contributed by atoms with Gasteiger partial charge in [-0.05, 0) is 18.9 Å². The maximum atomic E-state index is 5.53. The van der Waals surface area contributed by atoms with E-state index in [1.165, 1.54) is 10.6 Å². The van der Waals surface area contributed by atoms with Crippen LogP contribution in [0.5, 0.6) is 0 Å². The van der Waals surface area contributed by atoms with Gasteiger partial charge >= 0.3 is 0 Å². The predicted octanol–water partition coefficient (Wildman–Crippen LogP) is 1.68. The molecule has 52 valence electrons. The van der Waals surface area contributed by atoms with Crippen molar-refractivity contribution in [3.05, 3.63) is 16.6 Å². The molecule has 3 heteroatoms. The van der Waals surface area contributed by atoms with Gasteiger partial charge in [0.2, 0.25) is 0 Å². The van der Waals surface area contributed by atoms with Gasteiger partial charge in [-0.3, -0.25) is 0 Å². The minimum atomic E-state index is 0.691. The van der Waals surface area contributed by atoms with E-state index in [1.54, 1.807) is 11.3 Å². The molecule has 2 nitrogen and oxygen atoms in total. The molecule has 0 aromatic carbocycles.